The van der Waals surface area contributed by atoms with Gasteiger partial charge in [-0.15, -0.1) is 0 Å². The molecular weight excluding hydrogens is 418 g/mol. The fourth-order valence-corrected chi connectivity index (χ4v) is 3.82. The van der Waals surface area contributed by atoms with Gasteiger partial charge in [0.15, 0.2) is 11.4 Å². The molecule has 8 nitrogen and oxygen atoms in total. The fourth-order valence-electron chi connectivity index (χ4n) is 2.59. The molecule has 10 heteroatoms. The lowest BCUT2D eigenvalue weighted by Crippen LogP contribution is -2.21. The summed E-state index contributed by atoms with van der Waals surface area (Å²) in [6.45, 7) is 3.12. The van der Waals surface area contributed by atoms with Gasteiger partial charge in [0.2, 0.25) is 0 Å². The molecule has 152 valence electrons. The quantitative estimate of drug-likeness (QED) is 0.304. The number of hydrogen-bond donors (Lipinski definition) is 0. The summed E-state index contributed by atoms with van der Waals surface area (Å²) in [5.41, 5.74) is 0.741. The van der Waals surface area contributed by atoms with Crippen LogP contribution in [0.15, 0.2) is 47.5 Å². The molecule has 0 N–H and O–H groups in total. The summed E-state index contributed by atoms with van der Waals surface area (Å²) in [7, 11) is 0. The zero-order valence-electron chi connectivity index (χ0n) is 15.5. The second-order valence-corrected chi connectivity index (χ2v) is 7.34. The molecule has 0 aliphatic carbocycles. The van der Waals surface area contributed by atoms with Crippen LogP contribution in [0.5, 0.6) is 5.75 Å². The Morgan fingerprint density at radius 3 is 2.72 bits per heavy atom. The molecule has 3 rings (SSSR count). The summed E-state index contributed by atoms with van der Waals surface area (Å²) in [6, 6.07) is 11.2. The second-order valence-electron chi connectivity index (χ2n) is 5.89. The van der Waals surface area contributed by atoms with E-state index in [4.69, 9.17) is 21.1 Å². The average Bonchev–Trinajstić information content (AvgIpc) is 3.04. The van der Waals surface area contributed by atoms with Crippen molar-refractivity contribution in [1.29, 1.82) is 0 Å². The minimum atomic E-state index is -0.467. The van der Waals surface area contributed by atoms with Crippen LogP contribution in [-0.4, -0.2) is 35.2 Å². The first kappa shape index (κ1) is 21.0. The monoisotopic (exact) mass is 435 g/mol. The molecule has 0 unspecified atom stereocenters. The maximum Gasteiger partial charge on any atom is 0.286 e. The first-order chi connectivity index (χ1) is 14.0. The van der Waals surface area contributed by atoms with E-state index in [9.17, 15) is 14.9 Å². The minimum Gasteiger partial charge on any atom is -0.484 e. The van der Waals surface area contributed by atoms with E-state index in [1.54, 1.807) is 30.3 Å². The minimum absolute atomic E-state index is 0.0142. The summed E-state index contributed by atoms with van der Waals surface area (Å²) >= 11 is 7.03. The molecule has 1 heterocycles. The van der Waals surface area contributed by atoms with Gasteiger partial charge >= 0.3 is 0 Å². The predicted molar refractivity (Wildman–Crippen MR) is 110 cm³/mol. The molecule has 0 bridgehead atoms. The number of nitro groups is 1. The lowest BCUT2D eigenvalue weighted by Gasteiger charge is -2.06. The molecule has 0 spiro atoms. The van der Waals surface area contributed by atoms with Gasteiger partial charge in [-0.2, -0.15) is 4.99 Å². The second kappa shape index (κ2) is 9.64. The van der Waals surface area contributed by atoms with Crippen molar-refractivity contribution in [2.45, 2.75) is 13.5 Å². The van der Waals surface area contributed by atoms with Crippen molar-refractivity contribution in [2.75, 3.05) is 19.8 Å². The van der Waals surface area contributed by atoms with Gasteiger partial charge in [-0.05, 0) is 37.3 Å². The molecule has 29 heavy (non-hydrogen) atoms. The molecule has 0 saturated carbocycles. The highest BCUT2D eigenvalue weighted by atomic mass is 35.5. The number of amides is 1. The number of hydrogen-bond acceptors (Lipinski definition) is 6. The van der Waals surface area contributed by atoms with Gasteiger partial charge in [0.05, 0.1) is 21.7 Å². The molecule has 0 aliphatic heterocycles. The Morgan fingerprint density at radius 2 is 2.03 bits per heavy atom. The summed E-state index contributed by atoms with van der Waals surface area (Å²) in [4.78, 5) is 27.5. The van der Waals surface area contributed by atoms with Crippen LogP contribution in [0.4, 0.5) is 5.69 Å². The largest absolute Gasteiger partial charge is 0.484 e. The smallest absolute Gasteiger partial charge is 0.286 e. The van der Waals surface area contributed by atoms with Gasteiger partial charge < -0.3 is 14.0 Å². The summed E-state index contributed by atoms with van der Waals surface area (Å²) < 4.78 is 13.3. The molecule has 1 aromatic heterocycles. The Morgan fingerprint density at radius 1 is 1.28 bits per heavy atom. The highest BCUT2D eigenvalue weighted by molar-refractivity contribution is 7.16. The summed E-state index contributed by atoms with van der Waals surface area (Å²) in [5, 5.41) is 11.6. The zero-order valence-corrected chi connectivity index (χ0v) is 17.1. The Kier molecular flexibility index (Phi) is 6.97. The molecule has 1 amide bonds. The lowest BCUT2D eigenvalue weighted by molar-refractivity contribution is -0.384. The van der Waals surface area contributed by atoms with E-state index in [1.807, 2.05) is 11.5 Å². The number of fused-ring (bicyclic) bond motifs is 1. The maximum atomic E-state index is 12.3. The third kappa shape index (κ3) is 5.41. The van der Waals surface area contributed by atoms with Gasteiger partial charge in [-0.3, -0.25) is 14.9 Å². The predicted octanol–water partition coefficient (Wildman–Crippen LogP) is 3.81. The van der Waals surface area contributed by atoms with Crippen molar-refractivity contribution in [3.63, 3.8) is 0 Å². The molecule has 0 atom stereocenters. The van der Waals surface area contributed by atoms with E-state index in [1.165, 1.54) is 23.5 Å². The highest BCUT2D eigenvalue weighted by Crippen LogP contribution is 2.23. The normalized spacial score (nSPS) is 11.7. The zero-order chi connectivity index (χ0) is 20.8. The fraction of sp³-hybridized carbons (Fsp3) is 0.263. The van der Waals surface area contributed by atoms with E-state index in [2.05, 4.69) is 4.99 Å². The van der Waals surface area contributed by atoms with Crippen molar-refractivity contribution in [1.82, 2.24) is 4.57 Å². The number of ether oxygens (including phenoxy) is 2. The van der Waals surface area contributed by atoms with Crippen LogP contribution in [0.1, 0.15) is 6.92 Å². The van der Waals surface area contributed by atoms with Crippen molar-refractivity contribution in [2.24, 2.45) is 4.99 Å². The van der Waals surface area contributed by atoms with Crippen molar-refractivity contribution < 1.29 is 19.2 Å². The van der Waals surface area contributed by atoms with Gasteiger partial charge in [0.25, 0.3) is 11.6 Å². The van der Waals surface area contributed by atoms with E-state index in [-0.39, 0.29) is 12.3 Å². The number of benzene rings is 2. The third-order valence-electron chi connectivity index (χ3n) is 3.94. The van der Waals surface area contributed by atoms with Crippen LogP contribution in [0.25, 0.3) is 10.2 Å². The number of carbonyl (C=O) groups excluding carboxylic acids is 1. The molecule has 0 saturated heterocycles. The molecule has 0 aliphatic rings. The van der Waals surface area contributed by atoms with Gasteiger partial charge in [0.1, 0.15) is 5.75 Å². The number of thiazole rings is 1. The Balaban J connectivity index is 1.87. The van der Waals surface area contributed by atoms with Crippen LogP contribution in [0.3, 0.4) is 0 Å². The van der Waals surface area contributed by atoms with E-state index in [0.717, 1.165) is 5.52 Å². The molecule has 3 aromatic rings. The average molecular weight is 436 g/mol. The van der Waals surface area contributed by atoms with Crippen LogP contribution in [0, 0.1) is 10.1 Å². The number of nitro benzene ring substituents is 1. The van der Waals surface area contributed by atoms with Crippen LogP contribution in [-0.2, 0) is 16.1 Å². The topological polar surface area (TPSA) is 96.0 Å². The third-order valence-corrected chi connectivity index (χ3v) is 5.23. The molecular formula is C19H18ClN3O5S. The first-order valence-corrected chi connectivity index (χ1v) is 9.99. The number of non-ortho nitro benzene ring substituents is 1. The van der Waals surface area contributed by atoms with E-state index < -0.39 is 10.8 Å². The highest BCUT2D eigenvalue weighted by Gasteiger charge is 2.13. The number of halogens is 1. The Labute approximate surface area is 175 Å². The van der Waals surface area contributed by atoms with Gasteiger partial charge in [0, 0.05) is 30.3 Å². The number of rotatable bonds is 8. The van der Waals surface area contributed by atoms with Crippen molar-refractivity contribution in [3.05, 3.63) is 62.4 Å². The Hall–Kier alpha value is -2.75. The SMILES string of the molecule is CCOCCn1c(=NC(=O)COc2ccc(Cl)cc2)sc2cc([N+](=O)[O-])ccc21. The number of carbonyl (C=O) groups is 1. The van der Waals surface area contributed by atoms with Crippen LogP contribution in [0.2, 0.25) is 5.02 Å². The number of aromatic nitrogens is 1. The standard InChI is InChI=1S/C19H18ClN3O5S/c1-2-27-10-9-22-16-8-5-14(23(25)26)11-17(16)29-19(22)21-18(24)12-28-15-6-3-13(20)4-7-15/h3-8,11H,2,9-10,12H2,1H3. The molecule has 2 aromatic carbocycles. The van der Waals surface area contributed by atoms with Crippen LogP contribution >= 0.6 is 22.9 Å². The van der Waals surface area contributed by atoms with Crippen LogP contribution < -0.4 is 9.54 Å². The maximum absolute atomic E-state index is 12.3. The molecule has 0 fully saturated rings. The van der Waals surface area contributed by atoms with E-state index in [0.29, 0.717) is 40.0 Å². The van der Waals surface area contributed by atoms with Gasteiger partial charge in [-0.25, -0.2) is 0 Å². The molecule has 0 radical (unpaired) electrons. The number of nitrogens with zero attached hydrogens (tertiary/aromatic N) is 3. The van der Waals surface area contributed by atoms with E-state index >= 15 is 0 Å². The lowest BCUT2D eigenvalue weighted by atomic mass is 10.3. The Bertz CT molecular complexity index is 1090. The first-order valence-electron chi connectivity index (χ1n) is 8.79. The summed E-state index contributed by atoms with van der Waals surface area (Å²) in [6.07, 6.45) is 0. The van der Waals surface area contributed by atoms with Crippen molar-refractivity contribution >= 4 is 44.7 Å². The van der Waals surface area contributed by atoms with Crippen molar-refractivity contribution in [3.8, 4) is 5.75 Å². The van der Waals surface area contributed by atoms with Gasteiger partial charge in [-0.1, -0.05) is 22.9 Å². The summed E-state index contributed by atoms with van der Waals surface area (Å²) in [5.74, 6) is 0.0419.